The number of anilines is 2. The van der Waals surface area contributed by atoms with Crippen molar-refractivity contribution in [2.75, 3.05) is 12.4 Å². The summed E-state index contributed by atoms with van der Waals surface area (Å²) >= 11 is 0. The van der Waals surface area contributed by atoms with E-state index >= 15 is 0 Å². The monoisotopic (exact) mass is 453 g/mol. The zero-order chi connectivity index (χ0) is 23.5. The molecule has 1 aliphatic carbocycles. The van der Waals surface area contributed by atoms with Crippen LogP contribution in [0.15, 0.2) is 84.9 Å². The number of hydrogen-bond donors (Lipinski definition) is 1. The lowest BCUT2D eigenvalue weighted by molar-refractivity contribution is -0.151. The number of hydrogen-bond acceptors (Lipinski definition) is 5. The number of carbonyl (C=O) groups excluding carboxylic acids is 1. The Kier molecular flexibility index (Phi) is 5.80. The number of methoxy groups -OCH3 is 1. The molecule has 6 heteroatoms. The van der Waals surface area contributed by atoms with E-state index in [1.165, 1.54) is 19.2 Å². The summed E-state index contributed by atoms with van der Waals surface area (Å²) < 4.78 is 18.5. The van der Waals surface area contributed by atoms with Crippen LogP contribution in [0, 0.1) is 5.82 Å². The van der Waals surface area contributed by atoms with Crippen LogP contribution < -0.4 is 5.32 Å². The third-order valence-electron chi connectivity index (χ3n) is 6.39. The van der Waals surface area contributed by atoms with Gasteiger partial charge in [-0.2, -0.15) is 0 Å². The number of carbonyl (C=O) groups is 1. The summed E-state index contributed by atoms with van der Waals surface area (Å²) in [7, 11) is 1.44. The first kappa shape index (κ1) is 21.8. The zero-order valence-electron chi connectivity index (χ0n) is 18.8. The maximum atomic E-state index is 13.5. The van der Waals surface area contributed by atoms with E-state index in [-0.39, 0.29) is 11.8 Å². The summed E-state index contributed by atoms with van der Waals surface area (Å²) in [5.74, 6) is 0.635. The van der Waals surface area contributed by atoms with Crippen molar-refractivity contribution in [2.24, 2.45) is 0 Å². The highest BCUT2D eigenvalue weighted by atomic mass is 19.1. The SMILES string of the molecule is COC(=O)C1(c2ccc(Nc3cc(-c4ccccc4)nc(-c4ccc(F)cc4)n3)cc2)CCC1. The van der Waals surface area contributed by atoms with E-state index in [4.69, 9.17) is 9.72 Å². The Labute approximate surface area is 197 Å². The number of nitrogens with one attached hydrogen (secondary N) is 1. The van der Waals surface area contributed by atoms with E-state index in [2.05, 4.69) is 10.3 Å². The fourth-order valence-electron chi connectivity index (χ4n) is 4.35. The van der Waals surface area contributed by atoms with Gasteiger partial charge in [0, 0.05) is 22.9 Å². The molecule has 1 heterocycles. The maximum absolute atomic E-state index is 13.5. The minimum Gasteiger partial charge on any atom is -0.468 e. The van der Waals surface area contributed by atoms with E-state index in [0.717, 1.165) is 47.3 Å². The van der Waals surface area contributed by atoms with Gasteiger partial charge in [0.25, 0.3) is 0 Å². The molecule has 34 heavy (non-hydrogen) atoms. The Bertz CT molecular complexity index is 1300. The summed E-state index contributed by atoms with van der Waals surface area (Å²) in [6, 6.07) is 25.7. The van der Waals surface area contributed by atoms with Gasteiger partial charge in [0.05, 0.1) is 18.2 Å². The first-order valence-electron chi connectivity index (χ1n) is 11.2. The zero-order valence-corrected chi connectivity index (χ0v) is 18.8. The van der Waals surface area contributed by atoms with Gasteiger partial charge < -0.3 is 10.1 Å². The van der Waals surface area contributed by atoms with Crippen molar-refractivity contribution in [3.63, 3.8) is 0 Å². The highest BCUT2D eigenvalue weighted by Crippen LogP contribution is 2.45. The maximum Gasteiger partial charge on any atom is 0.316 e. The lowest BCUT2D eigenvalue weighted by atomic mass is 9.64. The van der Waals surface area contributed by atoms with Crippen molar-refractivity contribution in [3.8, 4) is 22.6 Å². The van der Waals surface area contributed by atoms with Crippen LogP contribution in [0.3, 0.4) is 0 Å². The summed E-state index contributed by atoms with van der Waals surface area (Å²) in [4.78, 5) is 21.8. The molecular formula is C28H24FN3O2. The normalized spacial score (nSPS) is 14.2. The molecular weight excluding hydrogens is 429 g/mol. The summed E-state index contributed by atoms with van der Waals surface area (Å²) in [6.45, 7) is 0. The first-order valence-corrected chi connectivity index (χ1v) is 11.2. The number of rotatable bonds is 6. The molecule has 0 spiro atoms. The minimum absolute atomic E-state index is 0.174. The molecule has 0 saturated heterocycles. The van der Waals surface area contributed by atoms with Crippen LogP contribution in [0.4, 0.5) is 15.9 Å². The molecule has 1 saturated carbocycles. The fourth-order valence-corrected chi connectivity index (χ4v) is 4.35. The average molecular weight is 454 g/mol. The number of aromatic nitrogens is 2. The van der Waals surface area contributed by atoms with E-state index in [1.807, 2.05) is 60.7 Å². The largest absolute Gasteiger partial charge is 0.468 e. The molecule has 0 amide bonds. The highest BCUT2D eigenvalue weighted by molar-refractivity contribution is 5.84. The predicted molar refractivity (Wildman–Crippen MR) is 130 cm³/mol. The van der Waals surface area contributed by atoms with Gasteiger partial charge in [-0.1, -0.05) is 48.9 Å². The van der Waals surface area contributed by atoms with Crippen LogP contribution in [0.5, 0.6) is 0 Å². The molecule has 3 aromatic carbocycles. The molecule has 5 rings (SSSR count). The molecule has 4 aromatic rings. The average Bonchev–Trinajstić information content (AvgIpc) is 2.85. The smallest absolute Gasteiger partial charge is 0.316 e. The van der Waals surface area contributed by atoms with Crippen molar-refractivity contribution in [1.82, 2.24) is 9.97 Å². The molecule has 1 aliphatic rings. The third-order valence-corrected chi connectivity index (χ3v) is 6.39. The molecule has 1 aromatic heterocycles. The number of nitrogens with zero attached hydrogens (tertiary/aromatic N) is 2. The van der Waals surface area contributed by atoms with E-state index in [0.29, 0.717) is 11.6 Å². The Morgan fingerprint density at radius 2 is 1.62 bits per heavy atom. The molecule has 5 nitrogen and oxygen atoms in total. The molecule has 0 atom stereocenters. The second-order valence-electron chi connectivity index (χ2n) is 8.46. The third kappa shape index (κ3) is 4.15. The van der Waals surface area contributed by atoms with Gasteiger partial charge in [-0.25, -0.2) is 14.4 Å². The predicted octanol–water partition coefficient (Wildman–Crippen LogP) is 6.29. The second-order valence-corrected chi connectivity index (χ2v) is 8.46. The van der Waals surface area contributed by atoms with Crippen LogP contribution in [0.25, 0.3) is 22.6 Å². The van der Waals surface area contributed by atoms with Crippen molar-refractivity contribution < 1.29 is 13.9 Å². The number of esters is 1. The quantitative estimate of drug-likeness (QED) is 0.348. The number of ether oxygens (including phenoxy) is 1. The van der Waals surface area contributed by atoms with E-state index in [1.54, 1.807) is 12.1 Å². The van der Waals surface area contributed by atoms with Crippen molar-refractivity contribution in [2.45, 2.75) is 24.7 Å². The molecule has 170 valence electrons. The van der Waals surface area contributed by atoms with Crippen molar-refractivity contribution in [1.29, 1.82) is 0 Å². The molecule has 1 N–H and O–H groups in total. The van der Waals surface area contributed by atoms with Gasteiger partial charge >= 0.3 is 5.97 Å². The number of halogens is 1. The van der Waals surface area contributed by atoms with Gasteiger partial charge in [-0.05, 0) is 54.8 Å². The second kappa shape index (κ2) is 9.06. The molecule has 0 bridgehead atoms. The van der Waals surface area contributed by atoms with Gasteiger partial charge in [0.2, 0.25) is 0 Å². The Hall–Kier alpha value is -4.06. The Morgan fingerprint density at radius 3 is 2.24 bits per heavy atom. The van der Waals surface area contributed by atoms with Crippen LogP contribution in [-0.2, 0) is 14.9 Å². The Balaban J connectivity index is 1.48. The molecule has 0 aliphatic heterocycles. The lowest BCUT2D eigenvalue weighted by Crippen LogP contribution is -2.43. The van der Waals surface area contributed by atoms with Crippen molar-refractivity contribution >= 4 is 17.5 Å². The lowest BCUT2D eigenvalue weighted by Gasteiger charge is -2.39. The van der Waals surface area contributed by atoms with Crippen LogP contribution >= 0.6 is 0 Å². The van der Waals surface area contributed by atoms with Crippen LogP contribution in [-0.4, -0.2) is 23.0 Å². The van der Waals surface area contributed by atoms with E-state index < -0.39 is 5.41 Å². The van der Waals surface area contributed by atoms with Gasteiger partial charge in [-0.15, -0.1) is 0 Å². The summed E-state index contributed by atoms with van der Waals surface area (Å²) in [5.41, 5.74) is 3.72. The van der Waals surface area contributed by atoms with Crippen molar-refractivity contribution in [3.05, 3.63) is 96.3 Å². The molecule has 0 unspecified atom stereocenters. The standard InChI is InChI=1S/C28H24FN3O2/c1-34-27(33)28(16-5-17-28)21-10-14-23(15-11-21)30-25-18-24(19-6-3-2-4-7-19)31-26(32-25)20-8-12-22(29)13-9-20/h2-4,6-15,18H,5,16-17H2,1H3,(H,30,31,32). The summed E-state index contributed by atoms with van der Waals surface area (Å²) in [6.07, 6.45) is 2.63. The van der Waals surface area contributed by atoms with Crippen LogP contribution in [0.1, 0.15) is 24.8 Å². The first-order chi connectivity index (χ1) is 16.6. The fraction of sp³-hybridized carbons (Fsp3) is 0.179. The molecule has 1 fully saturated rings. The minimum atomic E-state index is -0.529. The number of benzene rings is 3. The van der Waals surface area contributed by atoms with Gasteiger partial charge in [-0.3, -0.25) is 4.79 Å². The van der Waals surface area contributed by atoms with Gasteiger partial charge in [0.1, 0.15) is 11.6 Å². The molecule has 0 radical (unpaired) electrons. The summed E-state index contributed by atoms with van der Waals surface area (Å²) in [5, 5.41) is 3.35. The highest BCUT2D eigenvalue weighted by Gasteiger charge is 2.46. The van der Waals surface area contributed by atoms with Crippen LogP contribution in [0.2, 0.25) is 0 Å². The topological polar surface area (TPSA) is 64.1 Å². The van der Waals surface area contributed by atoms with E-state index in [9.17, 15) is 9.18 Å². The Morgan fingerprint density at radius 1 is 0.912 bits per heavy atom. The van der Waals surface area contributed by atoms with Gasteiger partial charge in [0.15, 0.2) is 5.82 Å².